The molecule has 1 unspecified atom stereocenters. The first-order valence-corrected chi connectivity index (χ1v) is 8.64. The van der Waals surface area contributed by atoms with Gasteiger partial charge in [-0.15, -0.1) is 10.2 Å². The van der Waals surface area contributed by atoms with Crippen LogP contribution < -0.4 is 4.74 Å². The fourth-order valence-electron chi connectivity index (χ4n) is 1.97. The Morgan fingerprint density at radius 1 is 1.22 bits per heavy atom. The predicted octanol–water partition coefficient (Wildman–Crippen LogP) is 3.91. The van der Waals surface area contributed by atoms with E-state index in [4.69, 9.17) is 10.00 Å². The van der Waals surface area contributed by atoms with Gasteiger partial charge in [-0.25, -0.2) is 0 Å². The molecule has 1 atom stereocenters. The van der Waals surface area contributed by atoms with Gasteiger partial charge in [-0.05, 0) is 31.4 Å². The third-order valence-corrected chi connectivity index (χ3v) is 4.27. The summed E-state index contributed by atoms with van der Waals surface area (Å²) in [6, 6.07) is 11.9. The summed E-state index contributed by atoms with van der Waals surface area (Å²) >= 11 is 1.44. The second-order valence-electron chi connectivity index (χ2n) is 5.72. The summed E-state index contributed by atoms with van der Waals surface area (Å²) in [5.41, 5.74) is 0. The molecule has 0 saturated carbocycles. The van der Waals surface area contributed by atoms with Crippen molar-refractivity contribution < 1.29 is 4.74 Å². The summed E-state index contributed by atoms with van der Waals surface area (Å²) in [5.74, 6) is 2.19. The zero-order valence-electron chi connectivity index (χ0n) is 13.8. The summed E-state index contributed by atoms with van der Waals surface area (Å²) in [7, 11) is 0. The van der Waals surface area contributed by atoms with Crippen LogP contribution in [0.15, 0.2) is 35.5 Å². The van der Waals surface area contributed by atoms with Crippen molar-refractivity contribution in [2.24, 2.45) is 5.92 Å². The Morgan fingerprint density at radius 3 is 2.61 bits per heavy atom. The minimum atomic E-state index is -0.153. The van der Waals surface area contributed by atoms with Gasteiger partial charge < -0.3 is 9.30 Å². The van der Waals surface area contributed by atoms with Crippen molar-refractivity contribution in [1.29, 1.82) is 5.26 Å². The van der Waals surface area contributed by atoms with Crippen molar-refractivity contribution in [3.8, 4) is 11.8 Å². The maximum absolute atomic E-state index is 9.01. The second kappa shape index (κ2) is 8.59. The molecule has 0 amide bonds. The number of nitriles is 1. The first-order valence-electron chi connectivity index (χ1n) is 7.76. The van der Waals surface area contributed by atoms with E-state index in [9.17, 15) is 0 Å². The van der Waals surface area contributed by atoms with Gasteiger partial charge in [0.05, 0.1) is 11.3 Å². The van der Waals surface area contributed by atoms with E-state index in [0.717, 1.165) is 29.7 Å². The van der Waals surface area contributed by atoms with Gasteiger partial charge in [-0.1, -0.05) is 43.8 Å². The summed E-state index contributed by atoms with van der Waals surface area (Å²) in [5, 5.41) is 18.1. The molecule has 1 aromatic heterocycles. The molecule has 23 heavy (non-hydrogen) atoms. The Kier molecular flexibility index (Phi) is 6.48. The standard InChI is InChI=1S/C17H22N4OS/c1-13(2)9-10-21-16(12-22-15-7-5-4-6-8-15)19-20-17(21)23-14(3)11-18/h4-8,13-14H,9-10,12H2,1-3H3. The van der Waals surface area contributed by atoms with Crippen LogP contribution in [0.2, 0.25) is 0 Å². The van der Waals surface area contributed by atoms with Crippen LogP contribution in [-0.4, -0.2) is 20.0 Å². The van der Waals surface area contributed by atoms with E-state index in [-0.39, 0.29) is 5.25 Å². The highest BCUT2D eigenvalue weighted by Gasteiger charge is 2.16. The molecule has 5 nitrogen and oxygen atoms in total. The fraction of sp³-hybridized carbons (Fsp3) is 0.471. The zero-order chi connectivity index (χ0) is 16.7. The normalized spacial score (nSPS) is 12.1. The van der Waals surface area contributed by atoms with E-state index < -0.39 is 0 Å². The number of hydrogen-bond acceptors (Lipinski definition) is 5. The van der Waals surface area contributed by atoms with Gasteiger partial charge in [0.25, 0.3) is 0 Å². The smallest absolute Gasteiger partial charge is 0.192 e. The van der Waals surface area contributed by atoms with E-state index in [1.807, 2.05) is 37.3 Å². The topological polar surface area (TPSA) is 63.7 Å². The van der Waals surface area contributed by atoms with Crippen molar-refractivity contribution in [3.05, 3.63) is 36.2 Å². The van der Waals surface area contributed by atoms with Crippen molar-refractivity contribution in [3.63, 3.8) is 0 Å². The lowest BCUT2D eigenvalue weighted by Crippen LogP contribution is -2.11. The summed E-state index contributed by atoms with van der Waals surface area (Å²) in [6.45, 7) is 7.45. The first kappa shape index (κ1) is 17.4. The third kappa shape index (κ3) is 5.29. The molecule has 0 N–H and O–H groups in total. The minimum Gasteiger partial charge on any atom is -0.486 e. The SMILES string of the molecule is CC(C)CCn1c(COc2ccccc2)nnc1SC(C)C#N. The quantitative estimate of drug-likeness (QED) is 0.687. The third-order valence-electron chi connectivity index (χ3n) is 3.30. The number of aromatic nitrogens is 3. The Labute approximate surface area is 141 Å². The highest BCUT2D eigenvalue weighted by molar-refractivity contribution is 8.00. The zero-order valence-corrected chi connectivity index (χ0v) is 14.6. The second-order valence-corrected chi connectivity index (χ2v) is 7.03. The van der Waals surface area contributed by atoms with Gasteiger partial charge in [-0.3, -0.25) is 0 Å². The molecule has 0 saturated heterocycles. The molecule has 0 aliphatic heterocycles. The van der Waals surface area contributed by atoms with Crippen LogP contribution in [0.1, 0.15) is 33.0 Å². The first-order chi connectivity index (χ1) is 11.1. The van der Waals surface area contributed by atoms with Crippen molar-refractivity contribution in [1.82, 2.24) is 14.8 Å². The lowest BCUT2D eigenvalue weighted by molar-refractivity contribution is 0.285. The number of thioether (sulfide) groups is 1. The largest absolute Gasteiger partial charge is 0.486 e. The van der Waals surface area contributed by atoms with Gasteiger partial charge in [0.2, 0.25) is 0 Å². The molecule has 122 valence electrons. The van der Waals surface area contributed by atoms with E-state index in [0.29, 0.717) is 12.5 Å². The van der Waals surface area contributed by atoms with Crippen molar-refractivity contribution in [2.45, 2.75) is 50.8 Å². The lowest BCUT2D eigenvalue weighted by atomic mass is 10.1. The Bertz CT molecular complexity index is 648. The molecule has 0 fully saturated rings. The Balaban J connectivity index is 2.12. The fourth-order valence-corrected chi connectivity index (χ4v) is 2.75. The molecular formula is C17H22N4OS. The Hall–Kier alpha value is -2.00. The van der Waals surface area contributed by atoms with Gasteiger partial charge in [0.15, 0.2) is 11.0 Å². The van der Waals surface area contributed by atoms with Crippen LogP contribution in [0.5, 0.6) is 5.75 Å². The van der Waals surface area contributed by atoms with Crippen LogP contribution in [-0.2, 0) is 13.2 Å². The van der Waals surface area contributed by atoms with Crippen LogP contribution in [0.25, 0.3) is 0 Å². The van der Waals surface area contributed by atoms with Crippen molar-refractivity contribution >= 4 is 11.8 Å². The molecule has 2 rings (SSSR count). The lowest BCUT2D eigenvalue weighted by Gasteiger charge is -2.12. The minimum absolute atomic E-state index is 0.153. The number of para-hydroxylation sites is 1. The monoisotopic (exact) mass is 330 g/mol. The van der Waals surface area contributed by atoms with Gasteiger partial charge in [0, 0.05) is 6.54 Å². The molecule has 0 aliphatic rings. The van der Waals surface area contributed by atoms with Crippen LogP contribution >= 0.6 is 11.8 Å². The predicted molar refractivity (Wildman–Crippen MR) is 91.2 cm³/mol. The molecule has 2 aromatic rings. The van der Waals surface area contributed by atoms with Crippen LogP contribution in [0.3, 0.4) is 0 Å². The van der Waals surface area contributed by atoms with E-state index in [2.05, 4.69) is 34.7 Å². The number of ether oxygens (including phenoxy) is 1. The number of hydrogen-bond donors (Lipinski definition) is 0. The highest BCUT2D eigenvalue weighted by atomic mass is 32.2. The van der Waals surface area contributed by atoms with Crippen molar-refractivity contribution in [2.75, 3.05) is 0 Å². The maximum Gasteiger partial charge on any atom is 0.192 e. The van der Waals surface area contributed by atoms with Gasteiger partial charge >= 0.3 is 0 Å². The number of rotatable bonds is 8. The molecule has 0 bridgehead atoms. The maximum atomic E-state index is 9.01. The van der Waals surface area contributed by atoms with Gasteiger partial charge in [0.1, 0.15) is 12.4 Å². The van der Waals surface area contributed by atoms with Gasteiger partial charge in [-0.2, -0.15) is 5.26 Å². The molecule has 6 heteroatoms. The molecular weight excluding hydrogens is 308 g/mol. The summed E-state index contributed by atoms with van der Waals surface area (Å²) < 4.78 is 7.86. The average molecular weight is 330 g/mol. The summed E-state index contributed by atoms with van der Waals surface area (Å²) in [6.07, 6.45) is 1.03. The number of nitrogens with zero attached hydrogens (tertiary/aromatic N) is 4. The summed E-state index contributed by atoms with van der Waals surface area (Å²) in [4.78, 5) is 0. The molecule has 0 aliphatic carbocycles. The molecule has 0 spiro atoms. The average Bonchev–Trinajstić information content (AvgIpc) is 2.93. The molecule has 1 heterocycles. The Morgan fingerprint density at radius 2 is 1.96 bits per heavy atom. The molecule has 1 aromatic carbocycles. The molecule has 0 radical (unpaired) electrons. The van der Waals surface area contributed by atoms with Crippen LogP contribution in [0, 0.1) is 17.2 Å². The van der Waals surface area contributed by atoms with E-state index in [1.165, 1.54) is 11.8 Å². The van der Waals surface area contributed by atoms with E-state index >= 15 is 0 Å². The number of benzene rings is 1. The highest BCUT2D eigenvalue weighted by Crippen LogP contribution is 2.23. The van der Waals surface area contributed by atoms with E-state index in [1.54, 1.807) is 0 Å². The van der Waals surface area contributed by atoms with Crippen LogP contribution in [0.4, 0.5) is 0 Å².